The van der Waals surface area contributed by atoms with Crippen LogP contribution in [0.5, 0.6) is 0 Å². The Kier molecular flexibility index (Phi) is 4.67. The van der Waals surface area contributed by atoms with Gasteiger partial charge in [0.1, 0.15) is 12.0 Å². The minimum absolute atomic E-state index is 0.103. The number of carbonyl (C=O) groups is 1. The van der Waals surface area contributed by atoms with Crippen LogP contribution in [0.3, 0.4) is 0 Å². The van der Waals surface area contributed by atoms with Gasteiger partial charge in [-0.1, -0.05) is 5.92 Å². The van der Waals surface area contributed by atoms with Gasteiger partial charge in [-0.05, 0) is 44.4 Å². The minimum Gasteiger partial charge on any atom is -0.364 e. The second kappa shape index (κ2) is 6.75. The van der Waals surface area contributed by atoms with Gasteiger partial charge < -0.3 is 15.2 Å². The first-order valence-electron chi connectivity index (χ1n) is 8.30. The first kappa shape index (κ1) is 17.3. The van der Waals surface area contributed by atoms with Crippen LogP contribution in [-0.2, 0) is 4.79 Å². The van der Waals surface area contributed by atoms with Gasteiger partial charge in [-0.2, -0.15) is 0 Å². The van der Waals surface area contributed by atoms with E-state index in [9.17, 15) is 13.6 Å². The first-order valence-corrected chi connectivity index (χ1v) is 8.30. The van der Waals surface area contributed by atoms with Gasteiger partial charge >= 0.3 is 0 Å². The molecule has 1 aromatic carbocycles. The number of hydrogen-bond donors (Lipinski definition) is 2. The summed E-state index contributed by atoms with van der Waals surface area (Å²) >= 11 is 0. The van der Waals surface area contributed by atoms with Crippen LogP contribution < -0.4 is 10.2 Å². The fourth-order valence-corrected chi connectivity index (χ4v) is 3.50. The predicted molar refractivity (Wildman–Crippen MR) is 94.8 cm³/mol. The van der Waals surface area contributed by atoms with Gasteiger partial charge in [-0.25, -0.2) is 8.78 Å². The van der Waals surface area contributed by atoms with Crippen molar-refractivity contribution in [2.75, 3.05) is 18.0 Å². The van der Waals surface area contributed by atoms with Crippen molar-refractivity contribution in [3.8, 4) is 11.8 Å². The van der Waals surface area contributed by atoms with E-state index in [4.69, 9.17) is 0 Å². The number of anilines is 1. The van der Waals surface area contributed by atoms with E-state index in [1.807, 2.05) is 13.8 Å². The molecular formula is C19H21F2N3O. The second-order valence-electron chi connectivity index (χ2n) is 6.48. The van der Waals surface area contributed by atoms with Gasteiger partial charge in [0, 0.05) is 36.1 Å². The third-order valence-electron chi connectivity index (χ3n) is 4.68. The van der Waals surface area contributed by atoms with Gasteiger partial charge in [0.25, 0.3) is 5.91 Å². The number of rotatable bonds is 2. The normalized spacial score (nSPS) is 20.3. The lowest BCUT2D eigenvalue weighted by atomic mass is 10.0. The van der Waals surface area contributed by atoms with Gasteiger partial charge in [-0.15, -0.1) is 0 Å². The number of aromatic nitrogens is 1. The Morgan fingerprint density at radius 1 is 1.36 bits per heavy atom. The summed E-state index contributed by atoms with van der Waals surface area (Å²) in [6.07, 6.45) is -0.945. The molecule has 1 aliphatic rings. The van der Waals surface area contributed by atoms with Crippen molar-refractivity contribution in [2.24, 2.45) is 0 Å². The molecule has 0 unspecified atom stereocenters. The van der Waals surface area contributed by atoms with Crippen LogP contribution in [-0.4, -0.2) is 36.2 Å². The third-order valence-corrected chi connectivity index (χ3v) is 4.68. The Morgan fingerprint density at radius 2 is 2.12 bits per heavy atom. The Bertz CT molecular complexity index is 878. The maximum atomic E-state index is 14.6. The summed E-state index contributed by atoms with van der Waals surface area (Å²) in [4.78, 5) is 16.6. The molecule has 0 saturated carbocycles. The third kappa shape index (κ3) is 3.32. The van der Waals surface area contributed by atoms with Crippen LogP contribution >= 0.6 is 0 Å². The lowest BCUT2D eigenvalue weighted by Gasteiger charge is -2.36. The predicted octanol–water partition coefficient (Wildman–Crippen LogP) is 2.98. The first-order chi connectivity index (χ1) is 11.9. The van der Waals surface area contributed by atoms with E-state index in [1.54, 1.807) is 17.9 Å². The number of hydrogen-bond acceptors (Lipinski definition) is 2. The molecule has 2 atom stereocenters. The Morgan fingerprint density at radius 3 is 2.84 bits per heavy atom. The van der Waals surface area contributed by atoms with E-state index in [0.29, 0.717) is 12.2 Å². The van der Waals surface area contributed by atoms with E-state index >= 15 is 0 Å². The molecule has 0 spiro atoms. The molecule has 3 rings (SSSR count). The summed E-state index contributed by atoms with van der Waals surface area (Å²) in [6.45, 7) is 5.86. The zero-order chi connectivity index (χ0) is 18.1. The van der Waals surface area contributed by atoms with Gasteiger partial charge in [0.2, 0.25) is 0 Å². The second-order valence-corrected chi connectivity index (χ2v) is 6.48. The maximum Gasteiger partial charge on any atom is 0.296 e. The molecule has 1 saturated heterocycles. The van der Waals surface area contributed by atoms with Crippen LogP contribution in [0.15, 0.2) is 12.1 Å². The average Bonchev–Trinajstić information content (AvgIpc) is 2.82. The number of piperidine rings is 1. The van der Waals surface area contributed by atoms with E-state index < -0.39 is 18.1 Å². The maximum absolute atomic E-state index is 14.6. The summed E-state index contributed by atoms with van der Waals surface area (Å²) in [6, 6.07) is 2.68. The molecule has 1 fully saturated rings. The molecule has 1 aromatic heterocycles. The summed E-state index contributed by atoms with van der Waals surface area (Å²) < 4.78 is 28.9. The molecule has 0 aliphatic carbocycles. The lowest BCUT2D eigenvalue weighted by molar-refractivity contribution is -0.116. The number of amides is 1. The van der Waals surface area contributed by atoms with Crippen molar-refractivity contribution in [1.29, 1.82) is 0 Å². The van der Waals surface area contributed by atoms with E-state index in [1.165, 1.54) is 6.07 Å². The Hall–Kier alpha value is -2.55. The number of carbonyl (C=O) groups excluding carboxylic acids is 1. The standard InChI is InChI=1S/C19H21F2N3O/c1-4-5-17(25)23-14-8-13(20)9-24(10-14)19-15(21)6-7-16-18(19)11(2)12(3)22-16/h6-7,13-14,22H,8-10H2,1-3H3,(H,23,25)/t13-,14+/m1/s1. The number of halogens is 2. The van der Waals surface area contributed by atoms with Crippen LogP contribution in [0.1, 0.15) is 24.6 Å². The molecular weight excluding hydrogens is 324 g/mol. The topological polar surface area (TPSA) is 48.1 Å². The smallest absolute Gasteiger partial charge is 0.296 e. The lowest BCUT2D eigenvalue weighted by Crippen LogP contribution is -2.51. The van der Waals surface area contributed by atoms with Crippen LogP contribution in [0.25, 0.3) is 10.9 Å². The number of benzene rings is 1. The number of aromatic amines is 1. The molecule has 6 heteroatoms. The van der Waals surface area contributed by atoms with Crippen LogP contribution in [0, 0.1) is 31.5 Å². The molecule has 2 aromatic rings. The van der Waals surface area contributed by atoms with E-state index in [0.717, 1.165) is 22.2 Å². The van der Waals surface area contributed by atoms with Crippen molar-refractivity contribution < 1.29 is 13.6 Å². The highest BCUT2D eigenvalue weighted by Crippen LogP contribution is 2.35. The summed E-state index contributed by atoms with van der Waals surface area (Å²) in [5.74, 6) is 4.09. The molecule has 1 aliphatic heterocycles. The highest BCUT2D eigenvalue weighted by molar-refractivity contribution is 5.97. The fourth-order valence-electron chi connectivity index (χ4n) is 3.50. The average molecular weight is 345 g/mol. The largest absolute Gasteiger partial charge is 0.364 e. The highest BCUT2D eigenvalue weighted by Gasteiger charge is 2.31. The van der Waals surface area contributed by atoms with Crippen molar-refractivity contribution in [3.63, 3.8) is 0 Å². The summed E-state index contributed by atoms with van der Waals surface area (Å²) in [5, 5.41) is 3.48. The summed E-state index contributed by atoms with van der Waals surface area (Å²) in [7, 11) is 0. The highest BCUT2D eigenvalue weighted by atomic mass is 19.1. The Balaban J connectivity index is 1.97. The number of aryl methyl sites for hydroxylation is 2. The molecule has 1 amide bonds. The molecule has 25 heavy (non-hydrogen) atoms. The quantitative estimate of drug-likeness (QED) is 0.822. The molecule has 2 heterocycles. The van der Waals surface area contributed by atoms with E-state index in [2.05, 4.69) is 22.1 Å². The number of nitrogens with zero attached hydrogens (tertiary/aromatic N) is 1. The van der Waals surface area contributed by atoms with Crippen LogP contribution in [0.4, 0.5) is 14.5 Å². The molecule has 0 radical (unpaired) electrons. The molecule has 4 nitrogen and oxygen atoms in total. The van der Waals surface area contributed by atoms with Gasteiger partial charge in [0.15, 0.2) is 0 Å². The number of alkyl halides is 1. The van der Waals surface area contributed by atoms with Crippen LogP contribution in [0.2, 0.25) is 0 Å². The van der Waals surface area contributed by atoms with Crippen molar-refractivity contribution in [3.05, 3.63) is 29.2 Å². The van der Waals surface area contributed by atoms with Crippen molar-refractivity contribution in [1.82, 2.24) is 10.3 Å². The van der Waals surface area contributed by atoms with E-state index in [-0.39, 0.29) is 18.8 Å². The monoisotopic (exact) mass is 345 g/mol. The Labute approximate surface area is 145 Å². The summed E-state index contributed by atoms with van der Waals surface area (Å²) in [5.41, 5.74) is 3.12. The van der Waals surface area contributed by atoms with Crippen molar-refractivity contribution >= 4 is 22.5 Å². The zero-order valence-corrected chi connectivity index (χ0v) is 14.5. The number of fused-ring (bicyclic) bond motifs is 1. The SMILES string of the molecule is CC#CC(=O)N[C@H]1C[C@@H](F)CN(c2c(F)ccc3[nH]c(C)c(C)c23)C1. The van der Waals surface area contributed by atoms with Crippen molar-refractivity contribution in [2.45, 2.75) is 39.4 Å². The minimum atomic E-state index is -1.15. The molecule has 2 N–H and O–H groups in total. The molecule has 132 valence electrons. The van der Waals surface area contributed by atoms with Gasteiger partial charge in [0.05, 0.1) is 11.7 Å². The number of nitrogens with one attached hydrogen (secondary N) is 2. The molecule has 0 bridgehead atoms. The zero-order valence-electron chi connectivity index (χ0n) is 14.5. The number of H-pyrrole nitrogens is 1. The fraction of sp³-hybridized carbons (Fsp3) is 0.421. The van der Waals surface area contributed by atoms with Gasteiger partial charge in [-0.3, -0.25) is 4.79 Å².